The normalized spacial score (nSPS) is 10.3. The van der Waals surface area contributed by atoms with E-state index >= 15 is 0 Å². The zero-order valence-electron chi connectivity index (χ0n) is 16.3. The lowest BCUT2D eigenvalue weighted by atomic mass is 10.1. The third-order valence-electron chi connectivity index (χ3n) is 4.43. The van der Waals surface area contributed by atoms with Crippen molar-refractivity contribution in [1.29, 1.82) is 5.26 Å². The van der Waals surface area contributed by atoms with E-state index in [4.69, 9.17) is 10.00 Å². The summed E-state index contributed by atoms with van der Waals surface area (Å²) in [6, 6.07) is 19.9. The summed E-state index contributed by atoms with van der Waals surface area (Å²) in [6.45, 7) is 0.729. The van der Waals surface area contributed by atoms with Crippen molar-refractivity contribution in [3.05, 3.63) is 78.2 Å². The molecule has 0 aliphatic rings. The van der Waals surface area contributed by atoms with Gasteiger partial charge in [0, 0.05) is 29.9 Å². The first kappa shape index (κ1) is 19.0. The van der Waals surface area contributed by atoms with Crippen LogP contribution >= 0.6 is 0 Å². The van der Waals surface area contributed by atoms with Crippen molar-refractivity contribution >= 4 is 17.3 Å². The topological polar surface area (TPSA) is 112 Å². The van der Waals surface area contributed by atoms with Gasteiger partial charge in [0.1, 0.15) is 17.6 Å². The SMILES string of the molecule is COc1cc(NCc2ccccc2)ccc1-c1cc(Nc2cnc(C#N)cn2)n[nH]1. The summed E-state index contributed by atoms with van der Waals surface area (Å²) in [6.07, 6.45) is 2.89. The minimum absolute atomic E-state index is 0.258. The maximum absolute atomic E-state index is 8.80. The minimum Gasteiger partial charge on any atom is -0.496 e. The highest BCUT2D eigenvalue weighted by atomic mass is 16.5. The van der Waals surface area contributed by atoms with Crippen LogP contribution in [0.2, 0.25) is 0 Å². The van der Waals surface area contributed by atoms with Crippen molar-refractivity contribution < 1.29 is 4.74 Å². The Morgan fingerprint density at radius 3 is 2.63 bits per heavy atom. The number of nitrogens with one attached hydrogen (secondary N) is 3. The first-order valence-electron chi connectivity index (χ1n) is 9.26. The number of H-pyrrole nitrogens is 1. The third kappa shape index (κ3) is 4.36. The smallest absolute Gasteiger partial charge is 0.158 e. The number of hydrogen-bond acceptors (Lipinski definition) is 7. The molecule has 30 heavy (non-hydrogen) atoms. The van der Waals surface area contributed by atoms with Gasteiger partial charge in [-0.3, -0.25) is 5.10 Å². The predicted molar refractivity (Wildman–Crippen MR) is 114 cm³/mol. The molecule has 8 heteroatoms. The highest BCUT2D eigenvalue weighted by Crippen LogP contribution is 2.32. The molecule has 4 rings (SSSR count). The number of ether oxygens (including phenoxy) is 1. The molecule has 4 aromatic rings. The van der Waals surface area contributed by atoms with E-state index in [0.717, 1.165) is 29.2 Å². The molecule has 0 saturated heterocycles. The van der Waals surface area contributed by atoms with E-state index in [1.54, 1.807) is 7.11 Å². The van der Waals surface area contributed by atoms with Crippen LogP contribution in [0.4, 0.5) is 17.3 Å². The molecule has 2 aromatic carbocycles. The average Bonchev–Trinajstić information content (AvgIpc) is 3.27. The number of methoxy groups -OCH3 is 1. The molecule has 0 spiro atoms. The van der Waals surface area contributed by atoms with Crippen LogP contribution in [0.25, 0.3) is 11.3 Å². The van der Waals surface area contributed by atoms with Crippen molar-refractivity contribution in [2.45, 2.75) is 6.54 Å². The Labute approximate surface area is 173 Å². The molecule has 2 heterocycles. The maximum atomic E-state index is 8.80. The van der Waals surface area contributed by atoms with E-state index in [9.17, 15) is 0 Å². The zero-order chi connectivity index (χ0) is 20.8. The Bertz CT molecular complexity index is 1160. The summed E-state index contributed by atoms with van der Waals surface area (Å²) in [4.78, 5) is 8.12. The molecule has 0 aliphatic carbocycles. The summed E-state index contributed by atoms with van der Waals surface area (Å²) < 4.78 is 5.58. The number of aromatic nitrogens is 4. The molecule has 3 N–H and O–H groups in total. The molecular formula is C22H19N7O. The quantitative estimate of drug-likeness (QED) is 0.430. The molecular weight excluding hydrogens is 378 g/mol. The summed E-state index contributed by atoms with van der Waals surface area (Å²) in [7, 11) is 1.64. The van der Waals surface area contributed by atoms with Crippen LogP contribution in [0, 0.1) is 11.3 Å². The van der Waals surface area contributed by atoms with Gasteiger partial charge >= 0.3 is 0 Å². The van der Waals surface area contributed by atoms with Crippen LogP contribution in [-0.4, -0.2) is 27.3 Å². The van der Waals surface area contributed by atoms with Crippen molar-refractivity contribution in [2.24, 2.45) is 0 Å². The lowest BCUT2D eigenvalue weighted by Crippen LogP contribution is -2.00. The van der Waals surface area contributed by atoms with Crippen molar-refractivity contribution in [3.63, 3.8) is 0 Å². The fourth-order valence-electron chi connectivity index (χ4n) is 2.93. The number of nitrogens with zero attached hydrogens (tertiary/aromatic N) is 4. The van der Waals surface area contributed by atoms with Crippen molar-refractivity contribution in [1.82, 2.24) is 20.2 Å². The lowest BCUT2D eigenvalue weighted by Gasteiger charge is -2.11. The molecule has 0 radical (unpaired) electrons. The number of anilines is 3. The Balaban J connectivity index is 1.48. The molecule has 0 bridgehead atoms. The van der Waals surface area contributed by atoms with Gasteiger partial charge in [0.15, 0.2) is 11.5 Å². The van der Waals surface area contributed by atoms with E-state index in [-0.39, 0.29) is 5.69 Å². The first-order valence-corrected chi connectivity index (χ1v) is 9.26. The number of rotatable bonds is 7. The van der Waals surface area contributed by atoms with E-state index in [1.165, 1.54) is 18.0 Å². The zero-order valence-corrected chi connectivity index (χ0v) is 16.3. The fraction of sp³-hybridized carbons (Fsp3) is 0.0909. The van der Waals surface area contributed by atoms with Crippen LogP contribution in [0.1, 0.15) is 11.3 Å². The van der Waals surface area contributed by atoms with Crippen LogP contribution in [0.15, 0.2) is 67.0 Å². The Hall–Kier alpha value is -4.38. The standard InChI is InChI=1S/C22H19N7O/c1-30-20-9-16(24-12-15-5-3-2-4-6-15)7-8-18(20)19-10-21(29-28-19)27-22-14-25-17(11-23)13-26-22/h2-10,13-14,24H,12H2,1H3,(H2,26,27,28,29). The molecule has 148 valence electrons. The molecule has 0 amide bonds. The second kappa shape index (κ2) is 8.75. The summed E-state index contributed by atoms with van der Waals surface area (Å²) in [5.41, 5.74) is 4.11. The monoisotopic (exact) mass is 397 g/mol. The van der Waals surface area contributed by atoms with Crippen molar-refractivity contribution in [3.8, 4) is 23.1 Å². The minimum atomic E-state index is 0.258. The second-order valence-corrected chi connectivity index (χ2v) is 6.44. The number of benzene rings is 2. The van der Waals surface area contributed by atoms with Crippen LogP contribution < -0.4 is 15.4 Å². The second-order valence-electron chi connectivity index (χ2n) is 6.44. The van der Waals surface area contributed by atoms with Gasteiger partial charge in [-0.25, -0.2) is 9.97 Å². The first-order chi connectivity index (χ1) is 14.7. The molecule has 0 atom stereocenters. The molecule has 8 nitrogen and oxygen atoms in total. The largest absolute Gasteiger partial charge is 0.496 e. The van der Waals surface area contributed by atoms with Gasteiger partial charge in [-0.2, -0.15) is 10.4 Å². The van der Waals surface area contributed by atoms with Gasteiger partial charge in [0.25, 0.3) is 0 Å². The van der Waals surface area contributed by atoms with Gasteiger partial charge < -0.3 is 15.4 Å². The van der Waals surface area contributed by atoms with E-state index in [1.807, 2.05) is 48.5 Å². The summed E-state index contributed by atoms with van der Waals surface area (Å²) in [5.74, 6) is 1.80. The number of hydrogen-bond donors (Lipinski definition) is 3. The average molecular weight is 397 g/mol. The third-order valence-corrected chi connectivity index (χ3v) is 4.43. The van der Waals surface area contributed by atoms with Gasteiger partial charge in [0.2, 0.25) is 0 Å². The van der Waals surface area contributed by atoms with Gasteiger partial charge in [0.05, 0.1) is 25.2 Å². The van der Waals surface area contributed by atoms with Crippen LogP contribution in [0.3, 0.4) is 0 Å². The Kier molecular flexibility index (Phi) is 5.53. The van der Waals surface area contributed by atoms with Gasteiger partial charge in [-0.1, -0.05) is 30.3 Å². The molecule has 0 aliphatic heterocycles. The van der Waals surface area contributed by atoms with E-state index in [0.29, 0.717) is 11.6 Å². The van der Waals surface area contributed by atoms with Crippen LogP contribution in [-0.2, 0) is 6.54 Å². The van der Waals surface area contributed by atoms with Gasteiger partial charge in [-0.15, -0.1) is 0 Å². The maximum Gasteiger partial charge on any atom is 0.158 e. The van der Waals surface area contributed by atoms with Crippen molar-refractivity contribution in [2.75, 3.05) is 17.7 Å². The predicted octanol–water partition coefficient (Wildman–Crippen LogP) is 4.10. The number of aromatic amines is 1. The molecule has 0 saturated carbocycles. The summed E-state index contributed by atoms with van der Waals surface area (Å²) in [5, 5.41) is 22.5. The molecule has 0 fully saturated rings. The highest BCUT2D eigenvalue weighted by Gasteiger charge is 2.11. The highest BCUT2D eigenvalue weighted by molar-refractivity contribution is 5.73. The summed E-state index contributed by atoms with van der Waals surface area (Å²) >= 11 is 0. The Morgan fingerprint density at radius 2 is 1.90 bits per heavy atom. The number of nitriles is 1. The lowest BCUT2D eigenvalue weighted by molar-refractivity contribution is 0.416. The fourth-order valence-corrected chi connectivity index (χ4v) is 2.93. The van der Waals surface area contributed by atoms with E-state index < -0.39 is 0 Å². The van der Waals surface area contributed by atoms with E-state index in [2.05, 4.69) is 42.9 Å². The Morgan fingerprint density at radius 1 is 1.03 bits per heavy atom. The van der Waals surface area contributed by atoms with Gasteiger partial charge in [-0.05, 0) is 17.7 Å². The molecule has 0 unspecified atom stereocenters. The molecule has 2 aromatic heterocycles. The van der Waals surface area contributed by atoms with Crippen LogP contribution in [0.5, 0.6) is 5.75 Å².